The van der Waals surface area contributed by atoms with Crippen LogP contribution in [0.15, 0.2) is 127 Å². The minimum atomic E-state index is -0.427. The largest absolute Gasteiger partial charge is 0.462 e. The van der Waals surface area contributed by atoms with Crippen LogP contribution in [0.3, 0.4) is 0 Å². The maximum Gasteiger partial charge on any atom is 0.318 e. The third-order valence-corrected chi connectivity index (χ3v) is 13.9. The third kappa shape index (κ3) is 7.52. The molecule has 0 radical (unpaired) electrons. The molecule has 61 heavy (non-hydrogen) atoms. The topological polar surface area (TPSA) is 74.8 Å². The standard InChI is InChI=1S/C52H56N8O/c1-38-15-12-16-39-17-13-25-48(49(38)39)58-30-27-46-47(36-58)54-51(61-37-44-24-14-29-56(44)2)55-50(46)59-32-31-57(43(33-59)26-28-53)34-45-35-60(45)52(40-18-6-3-7-19-40,41-20-8-4-9-21-41)42-22-10-5-11-23-42/h3-13,15-23,25,43-45H,14,24,26-27,29-37H2,1-2H3/t43-,44-,45?,60?/m0/s1. The second kappa shape index (κ2) is 16.9. The summed E-state index contributed by atoms with van der Waals surface area (Å²) < 4.78 is 6.52. The first-order valence-electron chi connectivity index (χ1n) is 22.3. The Morgan fingerprint density at radius 3 is 2.07 bits per heavy atom. The SMILES string of the molecule is Cc1cccc2cccc(N3CCc4c(nc(OC[C@@H]5CCCN5C)nc4N4CCN(CC5CN5C(c5ccccc5)(c5ccccc5)c5ccccc5)[C@@H](CC#N)C4)C3)c12. The predicted molar refractivity (Wildman–Crippen MR) is 244 cm³/mol. The molecular formula is C52H56N8O. The summed E-state index contributed by atoms with van der Waals surface area (Å²) in [6, 6.07) is 50.0. The van der Waals surface area contributed by atoms with Crippen molar-refractivity contribution in [2.24, 2.45) is 0 Å². The Bertz CT molecular complexity index is 2410. The van der Waals surface area contributed by atoms with Gasteiger partial charge in [-0.2, -0.15) is 15.2 Å². The number of piperazine rings is 1. The number of nitriles is 1. The molecule has 6 aromatic rings. The highest BCUT2D eigenvalue weighted by atomic mass is 16.5. The first-order valence-corrected chi connectivity index (χ1v) is 22.3. The lowest BCUT2D eigenvalue weighted by Gasteiger charge is -2.43. The van der Waals surface area contributed by atoms with Gasteiger partial charge in [-0.05, 0) is 73.5 Å². The number of aryl methyl sites for hydroxylation is 1. The zero-order chi connectivity index (χ0) is 41.3. The van der Waals surface area contributed by atoms with E-state index in [2.05, 4.69) is 172 Å². The summed E-state index contributed by atoms with van der Waals surface area (Å²) in [5.74, 6) is 0.986. The van der Waals surface area contributed by atoms with Crippen molar-refractivity contribution in [3.63, 3.8) is 0 Å². The second-order valence-corrected chi connectivity index (χ2v) is 17.5. The van der Waals surface area contributed by atoms with E-state index in [0.717, 1.165) is 70.2 Å². The highest BCUT2D eigenvalue weighted by Gasteiger charge is 2.53. The van der Waals surface area contributed by atoms with Crippen LogP contribution >= 0.6 is 0 Å². The normalized spacial score (nSPS) is 21.9. The maximum atomic E-state index is 10.3. The fourth-order valence-electron chi connectivity index (χ4n) is 10.7. The number of rotatable bonds is 12. The van der Waals surface area contributed by atoms with Gasteiger partial charge in [-0.3, -0.25) is 9.80 Å². The molecule has 1 aromatic heterocycles. The summed E-state index contributed by atoms with van der Waals surface area (Å²) in [6.07, 6.45) is 3.62. The highest BCUT2D eigenvalue weighted by molar-refractivity contribution is 5.97. The fraction of sp³-hybridized carbons (Fsp3) is 0.365. The van der Waals surface area contributed by atoms with Gasteiger partial charge in [0.1, 0.15) is 12.4 Å². The van der Waals surface area contributed by atoms with E-state index >= 15 is 0 Å². The van der Waals surface area contributed by atoms with Crippen LogP contribution in [-0.2, 0) is 18.5 Å². The molecule has 10 rings (SSSR count). The van der Waals surface area contributed by atoms with Crippen molar-refractivity contribution < 1.29 is 4.74 Å². The van der Waals surface area contributed by atoms with Gasteiger partial charge in [0.25, 0.3) is 0 Å². The van der Waals surface area contributed by atoms with E-state index in [1.54, 1.807) is 0 Å². The van der Waals surface area contributed by atoms with Crippen LogP contribution in [0.4, 0.5) is 11.5 Å². The molecule has 4 atom stereocenters. The number of likely N-dealkylation sites (N-methyl/N-ethyl adjacent to an activating group) is 1. The van der Waals surface area contributed by atoms with Gasteiger partial charge in [0, 0.05) is 74.0 Å². The van der Waals surface area contributed by atoms with Crippen molar-refractivity contribution in [3.8, 4) is 12.1 Å². The lowest BCUT2D eigenvalue weighted by molar-refractivity contribution is 0.164. The lowest BCUT2D eigenvalue weighted by Crippen LogP contribution is -2.55. The summed E-state index contributed by atoms with van der Waals surface area (Å²) in [4.78, 5) is 23.0. The number of hydrogen-bond donors (Lipinski definition) is 0. The number of aromatic nitrogens is 2. The van der Waals surface area contributed by atoms with Gasteiger partial charge in [-0.25, -0.2) is 0 Å². The molecule has 0 aliphatic carbocycles. The van der Waals surface area contributed by atoms with Crippen molar-refractivity contribution >= 4 is 22.3 Å². The molecule has 0 spiro atoms. The van der Waals surface area contributed by atoms with Crippen molar-refractivity contribution in [2.75, 3.05) is 69.3 Å². The van der Waals surface area contributed by atoms with Crippen LogP contribution in [0.2, 0.25) is 0 Å². The number of ether oxygens (including phenoxy) is 1. The van der Waals surface area contributed by atoms with Gasteiger partial charge >= 0.3 is 6.01 Å². The number of hydrogen-bond acceptors (Lipinski definition) is 9. The van der Waals surface area contributed by atoms with Crippen LogP contribution in [0.25, 0.3) is 10.8 Å². The molecule has 0 amide bonds. The van der Waals surface area contributed by atoms with Gasteiger partial charge in [0.05, 0.1) is 30.3 Å². The second-order valence-electron chi connectivity index (χ2n) is 17.5. The van der Waals surface area contributed by atoms with E-state index in [1.165, 1.54) is 50.7 Å². The Morgan fingerprint density at radius 2 is 1.41 bits per heavy atom. The summed E-state index contributed by atoms with van der Waals surface area (Å²) in [6.45, 7) is 9.77. The minimum absolute atomic E-state index is 0.0710. The Kier molecular flexibility index (Phi) is 10.9. The molecule has 9 heteroatoms. The van der Waals surface area contributed by atoms with Gasteiger partial charge in [0.15, 0.2) is 0 Å². The molecule has 0 bridgehead atoms. The van der Waals surface area contributed by atoms with Gasteiger partial charge in [-0.15, -0.1) is 0 Å². The van der Waals surface area contributed by atoms with Crippen molar-refractivity contribution in [2.45, 2.75) is 62.8 Å². The lowest BCUT2D eigenvalue weighted by atomic mass is 9.76. The Labute approximate surface area is 360 Å². The Hall–Kier alpha value is -5.79. The summed E-state index contributed by atoms with van der Waals surface area (Å²) in [5, 5.41) is 12.8. The van der Waals surface area contributed by atoms with E-state index in [4.69, 9.17) is 14.7 Å². The molecule has 9 nitrogen and oxygen atoms in total. The van der Waals surface area contributed by atoms with Crippen molar-refractivity contribution in [1.82, 2.24) is 24.7 Å². The number of nitrogens with zero attached hydrogens (tertiary/aromatic N) is 8. The summed E-state index contributed by atoms with van der Waals surface area (Å²) >= 11 is 0. The Morgan fingerprint density at radius 1 is 0.721 bits per heavy atom. The molecule has 0 N–H and O–H groups in total. The molecule has 5 heterocycles. The summed E-state index contributed by atoms with van der Waals surface area (Å²) in [5.41, 5.74) is 8.19. The number of likely N-dealkylation sites (tertiary alicyclic amines) is 1. The molecule has 3 fully saturated rings. The molecule has 4 aliphatic rings. The van der Waals surface area contributed by atoms with Crippen LogP contribution in [0.1, 0.15) is 52.8 Å². The monoisotopic (exact) mass is 808 g/mol. The smallest absolute Gasteiger partial charge is 0.318 e. The molecule has 3 saturated heterocycles. The molecular weight excluding hydrogens is 753 g/mol. The predicted octanol–water partition coefficient (Wildman–Crippen LogP) is 8.05. The molecule has 4 aliphatic heterocycles. The zero-order valence-electron chi connectivity index (χ0n) is 35.5. The minimum Gasteiger partial charge on any atom is -0.462 e. The average molecular weight is 809 g/mol. The van der Waals surface area contributed by atoms with Crippen LogP contribution < -0.4 is 14.5 Å². The van der Waals surface area contributed by atoms with Crippen molar-refractivity contribution in [3.05, 3.63) is 161 Å². The van der Waals surface area contributed by atoms with E-state index < -0.39 is 5.54 Å². The highest BCUT2D eigenvalue weighted by Crippen LogP contribution is 2.48. The van der Waals surface area contributed by atoms with E-state index in [-0.39, 0.29) is 6.04 Å². The van der Waals surface area contributed by atoms with E-state index in [1.807, 2.05) is 0 Å². The molecule has 0 saturated carbocycles. The maximum absolute atomic E-state index is 10.3. The zero-order valence-corrected chi connectivity index (χ0v) is 35.5. The van der Waals surface area contributed by atoms with Gasteiger partial charge < -0.3 is 19.4 Å². The van der Waals surface area contributed by atoms with Gasteiger partial charge in [-0.1, -0.05) is 121 Å². The molecule has 5 aromatic carbocycles. The quantitative estimate of drug-likeness (QED) is 0.0903. The fourth-order valence-corrected chi connectivity index (χ4v) is 10.7. The van der Waals surface area contributed by atoms with Gasteiger partial charge in [0.2, 0.25) is 0 Å². The molecule has 310 valence electrons. The van der Waals surface area contributed by atoms with E-state index in [0.29, 0.717) is 37.7 Å². The first-order chi connectivity index (χ1) is 30.0. The number of benzene rings is 5. The Balaban J connectivity index is 0.934. The third-order valence-electron chi connectivity index (χ3n) is 13.9. The summed E-state index contributed by atoms with van der Waals surface area (Å²) in [7, 11) is 2.19. The number of fused-ring (bicyclic) bond motifs is 2. The first kappa shape index (κ1) is 39.4. The van der Waals surface area contributed by atoms with Crippen LogP contribution in [0.5, 0.6) is 6.01 Å². The average Bonchev–Trinajstić information content (AvgIpc) is 3.95. The number of anilines is 2. The van der Waals surface area contributed by atoms with Crippen molar-refractivity contribution in [1.29, 1.82) is 5.26 Å². The molecule has 2 unspecified atom stereocenters. The van der Waals surface area contributed by atoms with Crippen LogP contribution in [0, 0.1) is 18.3 Å². The van der Waals surface area contributed by atoms with E-state index in [9.17, 15) is 5.26 Å². The van der Waals surface area contributed by atoms with Crippen LogP contribution in [-0.4, -0.2) is 102 Å².